The molecule has 0 bridgehead atoms. The largest absolute Gasteiger partial charge is 0.484 e. The fraction of sp³-hybridized carbons (Fsp3) is 0.286. The standard InChI is InChI=1S/C21H22FN3O5/c1-13(30-17-9-7-15(22)8-10-17)20(27)25-24-19(26)12-29-18-4-2-3-16(11-18)23-21(28)14-5-6-14/h2-4,7-11,13-14H,5-6,12H2,1H3,(H,23,28)(H,24,26)(H,25,27). The van der Waals surface area contributed by atoms with Crippen LogP contribution in [0, 0.1) is 11.7 Å². The van der Waals surface area contributed by atoms with Gasteiger partial charge in [-0.25, -0.2) is 4.39 Å². The van der Waals surface area contributed by atoms with Crippen molar-refractivity contribution in [3.63, 3.8) is 0 Å². The number of anilines is 1. The van der Waals surface area contributed by atoms with Crippen LogP contribution in [0.3, 0.4) is 0 Å². The predicted octanol–water partition coefficient (Wildman–Crippen LogP) is 2.17. The van der Waals surface area contributed by atoms with Crippen molar-refractivity contribution in [2.75, 3.05) is 11.9 Å². The Bertz CT molecular complexity index is 915. The summed E-state index contributed by atoms with van der Waals surface area (Å²) in [5.41, 5.74) is 5.05. The van der Waals surface area contributed by atoms with Gasteiger partial charge >= 0.3 is 0 Å². The molecule has 3 rings (SSSR count). The average molecular weight is 415 g/mol. The Balaban J connectivity index is 1.39. The van der Waals surface area contributed by atoms with Gasteiger partial charge in [0.05, 0.1) is 0 Å². The Morgan fingerprint density at radius 1 is 1.07 bits per heavy atom. The van der Waals surface area contributed by atoms with E-state index in [0.29, 0.717) is 17.2 Å². The highest BCUT2D eigenvalue weighted by Crippen LogP contribution is 2.30. The molecule has 30 heavy (non-hydrogen) atoms. The van der Waals surface area contributed by atoms with Gasteiger partial charge in [0.25, 0.3) is 11.8 Å². The van der Waals surface area contributed by atoms with Gasteiger partial charge in [-0.2, -0.15) is 0 Å². The summed E-state index contributed by atoms with van der Waals surface area (Å²) in [6.45, 7) is 1.15. The number of rotatable bonds is 8. The smallest absolute Gasteiger partial charge is 0.279 e. The van der Waals surface area contributed by atoms with Crippen LogP contribution in [-0.2, 0) is 14.4 Å². The molecule has 1 fully saturated rings. The first-order valence-corrected chi connectivity index (χ1v) is 9.45. The quantitative estimate of drug-likeness (QED) is 0.573. The van der Waals surface area contributed by atoms with Crippen LogP contribution in [0.5, 0.6) is 11.5 Å². The van der Waals surface area contributed by atoms with E-state index in [0.717, 1.165) is 12.8 Å². The highest BCUT2D eigenvalue weighted by molar-refractivity contribution is 5.94. The lowest BCUT2D eigenvalue weighted by molar-refractivity contribution is -0.133. The molecule has 9 heteroatoms. The van der Waals surface area contributed by atoms with Gasteiger partial charge in [-0.15, -0.1) is 0 Å². The Morgan fingerprint density at radius 3 is 2.50 bits per heavy atom. The molecule has 2 aromatic rings. The molecule has 2 aromatic carbocycles. The SMILES string of the molecule is CC(Oc1ccc(F)cc1)C(=O)NNC(=O)COc1cccc(NC(=O)C2CC2)c1. The molecule has 0 aromatic heterocycles. The number of nitrogens with one attached hydrogen (secondary N) is 3. The topological polar surface area (TPSA) is 106 Å². The summed E-state index contributed by atoms with van der Waals surface area (Å²) in [6, 6.07) is 11.9. The van der Waals surface area contributed by atoms with Crippen LogP contribution in [-0.4, -0.2) is 30.4 Å². The van der Waals surface area contributed by atoms with Gasteiger partial charge < -0.3 is 14.8 Å². The summed E-state index contributed by atoms with van der Waals surface area (Å²) in [4.78, 5) is 35.7. The molecular formula is C21H22FN3O5. The second-order valence-corrected chi connectivity index (χ2v) is 6.83. The molecule has 3 amide bonds. The first-order valence-electron chi connectivity index (χ1n) is 9.45. The number of halogens is 1. The minimum absolute atomic E-state index is 0.0235. The van der Waals surface area contributed by atoms with Crippen molar-refractivity contribution in [3.05, 3.63) is 54.3 Å². The van der Waals surface area contributed by atoms with E-state index in [1.807, 2.05) is 0 Å². The van der Waals surface area contributed by atoms with Crippen molar-refractivity contribution in [1.29, 1.82) is 0 Å². The monoisotopic (exact) mass is 415 g/mol. The van der Waals surface area contributed by atoms with E-state index in [2.05, 4.69) is 16.2 Å². The molecule has 158 valence electrons. The van der Waals surface area contributed by atoms with E-state index >= 15 is 0 Å². The Hall–Kier alpha value is -3.62. The van der Waals surface area contributed by atoms with Gasteiger partial charge in [0.2, 0.25) is 5.91 Å². The van der Waals surface area contributed by atoms with E-state index < -0.39 is 23.7 Å². The van der Waals surface area contributed by atoms with Gasteiger partial charge in [0, 0.05) is 17.7 Å². The summed E-state index contributed by atoms with van der Waals surface area (Å²) < 4.78 is 23.6. The molecule has 0 spiro atoms. The molecule has 0 saturated heterocycles. The van der Waals surface area contributed by atoms with Crippen LogP contribution in [0.2, 0.25) is 0 Å². The molecule has 1 atom stereocenters. The Labute approximate surface area is 172 Å². The molecule has 1 unspecified atom stereocenters. The lowest BCUT2D eigenvalue weighted by Gasteiger charge is -2.15. The number of carbonyl (C=O) groups excluding carboxylic acids is 3. The molecule has 8 nitrogen and oxygen atoms in total. The van der Waals surface area contributed by atoms with Crippen molar-refractivity contribution in [2.45, 2.75) is 25.9 Å². The van der Waals surface area contributed by atoms with Crippen LogP contribution in [0.1, 0.15) is 19.8 Å². The van der Waals surface area contributed by atoms with E-state index in [4.69, 9.17) is 9.47 Å². The van der Waals surface area contributed by atoms with Crippen molar-refractivity contribution < 1.29 is 28.2 Å². The van der Waals surface area contributed by atoms with Gasteiger partial charge in [-0.1, -0.05) is 6.07 Å². The minimum Gasteiger partial charge on any atom is -0.484 e. The zero-order chi connectivity index (χ0) is 21.5. The third-order valence-electron chi connectivity index (χ3n) is 4.24. The third kappa shape index (κ3) is 6.47. The van der Waals surface area contributed by atoms with Crippen LogP contribution < -0.4 is 25.6 Å². The van der Waals surface area contributed by atoms with Crippen molar-refractivity contribution in [2.24, 2.45) is 5.92 Å². The highest BCUT2D eigenvalue weighted by atomic mass is 19.1. The van der Waals surface area contributed by atoms with E-state index in [-0.39, 0.29) is 18.4 Å². The lowest BCUT2D eigenvalue weighted by atomic mass is 10.3. The number of ether oxygens (including phenoxy) is 2. The van der Waals surface area contributed by atoms with Gasteiger partial charge in [0.15, 0.2) is 12.7 Å². The van der Waals surface area contributed by atoms with Crippen LogP contribution in [0.15, 0.2) is 48.5 Å². The average Bonchev–Trinajstić information content (AvgIpc) is 3.58. The van der Waals surface area contributed by atoms with Crippen molar-refractivity contribution in [1.82, 2.24) is 10.9 Å². The van der Waals surface area contributed by atoms with Gasteiger partial charge in [-0.05, 0) is 56.2 Å². The third-order valence-corrected chi connectivity index (χ3v) is 4.24. The van der Waals surface area contributed by atoms with E-state index in [1.54, 1.807) is 24.3 Å². The summed E-state index contributed by atoms with van der Waals surface area (Å²) in [5.74, 6) is -0.798. The molecule has 1 aliphatic rings. The minimum atomic E-state index is -0.913. The second-order valence-electron chi connectivity index (χ2n) is 6.83. The molecule has 0 heterocycles. The molecule has 1 saturated carbocycles. The molecule has 0 aliphatic heterocycles. The number of hydrogen-bond donors (Lipinski definition) is 3. The molecule has 0 radical (unpaired) electrons. The number of benzene rings is 2. The van der Waals surface area contributed by atoms with Gasteiger partial charge in [-0.3, -0.25) is 25.2 Å². The molecular weight excluding hydrogens is 393 g/mol. The maximum absolute atomic E-state index is 12.9. The first kappa shape index (κ1) is 21.1. The lowest BCUT2D eigenvalue weighted by Crippen LogP contribution is -2.48. The van der Waals surface area contributed by atoms with Gasteiger partial charge in [0.1, 0.15) is 17.3 Å². The van der Waals surface area contributed by atoms with E-state index in [1.165, 1.54) is 31.2 Å². The zero-order valence-corrected chi connectivity index (χ0v) is 16.3. The normalized spacial score (nSPS) is 13.7. The zero-order valence-electron chi connectivity index (χ0n) is 16.3. The Morgan fingerprint density at radius 2 is 1.80 bits per heavy atom. The second kappa shape index (κ2) is 9.73. The molecule has 3 N–H and O–H groups in total. The highest BCUT2D eigenvalue weighted by Gasteiger charge is 2.29. The van der Waals surface area contributed by atoms with E-state index in [9.17, 15) is 18.8 Å². The number of amides is 3. The van der Waals surface area contributed by atoms with Crippen molar-refractivity contribution >= 4 is 23.4 Å². The maximum atomic E-state index is 12.9. The van der Waals surface area contributed by atoms with Crippen LogP contribution >= 0.6 is 0 Å². The summed E-state index contributed by atoms with van der Waals surface area (Å²) in [5, 5.41) is 2.80. The first-order chi connectivity index (χ1) is 14.4. The number of hydrogen-bond acceptors (Lipinski definition) is 5. The maximum Gasteiger partial charge on any atom is 0.279 e. The summed E-state index contributed by atoms with van der Waals surface area (Å²) in [7, 11) is 0. The fourth-order valence-corrected chi connectivity index (χ4v) is 2.44. The van der Waals surface area contributed by atoms with Crippen LogP contribution in [0.4, 0.5) is 10.1 Å². The summed E-state index contributed by atoms with van der Waals surface area (Å²) in [6.07, 6.45) is 0.895. The number of hydrazine groups is 1. The Kier molecular flexibility index (Phi) is 6.84. The molecule has 1 aliphatic carbocycles. The number of carbonyl (C=O) groups is 3. The summed E-state index contributed by atoms with van der Waals surface area (Å²) >= 11 is 0. The van der Waals surface area contributed by atoms with Crippen molar-refractivity contribution in [3.8, 4) is 11.5 Å². The predicted molar refractivity (Wildman–Crippen MR) is 106 cm³/mol. The fourth-order valence-electron chi connectivity index (χ4n) is 2.44. The van der Waals surface area contributed by atoms with Crippen LogP contribution in [0.25, 0.3) is 0 Å².